The fourth-order valence-corrected chi connectivity index (χ4v) is 2.46. The molecule has 0 aliphatic rings. The zero-order chi connectivity index (χ0) is 18.1. The molecule has 0 aliphatic carbocycles. The third-order valence-corrected chi connectivity index (χ3v) is 3.62. The number of nitrogens with zero attached hydrogens (tertiary/aromatic N) is 2. The minimum Gasteiger partial charge on any atom is -0.451 e. The van der Waals surface area contributed by atoms with E-state index < -0.39 is 30.3 Å². The topological polar surface area (TPSA) is 44.1 Å². The number of fused-ring (bicyclic) bond motifs is 1. The molecule has 0 bridgehead atoms. The highest BCUT2D eigenvalue weighted by Gasteiger charge is 2.25. The van der Waals surface area contributed by atoms with Gasteiger partial charge in [0.1, 0.15) is 0 Å². The Morgan fingerprint density at radius 1 is 1.12 bits per heavy atom. The van der Waals surface area contributed by atoms with Gasteiger partial charge < -0.3 is 4.74 Å². The molecule has 0 radical (unpaired) electrons. The highest BCUT2D eigenvalue weighted by atomic mass is 19.3. The van der Waals surface area contributed by atoms with E-state index >= 15 is 0 Å². The third-order valence-electron chi connectivity index (χ3n) is 3.62. The van der Waals surface area contributed by atoms with Crippen molar-refractivity contribution in [3.63, 3.8) is 0 Å². The number of alkyl halides is 2. The first-order chi connectivity index (χ1) is 11.9. The van der Waals surface area contributed by atoms with E-state index in [1.54, 1.807) is 18.2 Å². The van der Waals surface area contributed by atoms with Crippen LogP contribution in [0, 0.1) is 11.6 Å². The summed E-state index contributed by atoms with van der Waals surface area (Å²) in [6.45, 7) is -1.51. The number of halogens is 4. The van der Waals surface area contributed by atoms with Crippen molar-refractivity contribution >= 4 is 17.0 Å². The number of hydrogen-bond acceptors (Lipinski definition) is 3. The van der Waals surface area contributed by atoms with Crippen LogP contribution in [-0.4, -0.2) is 15.5 Å². The van der Waals surface area contributed by atoms with Gasteiger partial charge in [-0.3, -0.25) is 4.57 Å². The summed E-state index contributed by atoms with van der Waals surface area (Å²) in [5, 5.41) is 0. The van der Waals surface area contributed by atoms with E-state index in [9.17, 15) is 22.4 Å². The van der Waals surface area contributed by atoms with E-state index in [1.807, 2.05) is 0 Å². The summed E-state index contributed by atoms with van der Waals surface area (Å²) in [4.78, 5) is 16.1. The van der Waals surface area contributed by atoms with Gasteiger partial charge in [-0.15, -0.1) is 0 Å². The highest BCUT2D eigenvalue weighted by molar-refractivity contribution is 5.89. The van der Waals surface area contributed by atoms with Crippen LogP contribution in [0.25, 0.3) is 11.0 Å². The Hall–Kier alpha value is -2.90. The Labute approximate surface area is 139 Å². The lowest BCUT2D eigenvalue weighted by Gasteiger charge is -2.15. The molecular formula is C17H12F4N2O2. The Bertz CT molecular complexity index is 940. The van der Waals surface area contributed by atoms with Crippen LogP contribution in [0.2, 0.25) is 0 Å². The monoisotopic (exact) mass is 352 g/mol. The molecule has 2 aromatic carbocycles. The molecule has 4 nitrogen and oxygen atoms in total. The van der Waals surface area contributed by atoms with Crippen molar-refractivity contribution in [1.82, 2.24) is 9.55 Å². The minimum absolute atomic E-state index is 0.146. The smallest absolute Gasteiger partial charge is 0.338 e. The van der Waals surface area contributed by atoms with Crippen LogP contribution in [-0.2, 0) is 4.74 Å². The molecule has 0 aliphatic heterocycles. The predicted molar refractivity (Wildman–Crippen MR) is 81.2 cm³/mol. The van der Waals surface area contributed by atoms with Crippen LogP contribution in [0.5, 0.6) is 0 Å². The zero-order valence-electron chi connectivity index (χ0n) is 12.9. The van der Waals surface area contributed by atoms with E-state index in [2.05, 4.69) is 4.98 Å². The molecule has 0 N–H and O–H groups in total. The summed E-state index contributed by atoms with van der Waals surface area (Å²) in [5.41, 5.74) is 0.294. The second-order valence-electron chi connectivity index (χ2n) is 5.28. The van der Waals surface area contributed by atoms with Crippen molar-refractivity contribution in [2.45, 2.75) is 19.6 Å². The standard InChI is InChI=1S/C17H12F4N2O2/c1-9(25-16(24)10-6-7-11(18)12(19)8-10)15-22-13-4-2-3-5-14(13)23(15)17(20)21/h2-9,17H,1H3. The quantitative estimate of drug-likeness (QED) is 0.508. The fraction of sp³-hybridized carbons (Fsp3) is 0.176. The summed E-state index contributed by atoms with van der Waals surface area (Å²) in [5.74, 6) is -3.43. The number of aromatic nitrogens is 2. The van der Waals surface area contributed by atoms with Gasteiger partial charge in [0.15, 0.2) is 23.6 Å². The zero-order valence-corrected chi connectivity index (χ0v) is 12.9. The second kappa shape index (κ2) is 6.54. The molecule has 0 amide bonds. The molecule has 25 heavy (non-hydrogen) atoms. The molecule has 3 rings (SSSR count). The summed E-state index contributed by atoms with van der Waals surface area (Å²) < 4.78 is 58.7. The van der Waals surface area contributed by atoms with E-state index in [-0.39, 0.29) is 16.9 Å². The molecular weight excluding hydrogens is 340 g/mol. The Balaban J connectivity index is 1.91. The van der Waals surface area contributed by atoms with Gasteiger partial charge in [-0.25, -0.2) is 18.6 Å². The van der Waals surface area contributed by atoms with Crippen LogP contribution in [0.4, 0.5) is 17.6 Å². The number of carbonyl (C=O) groups excluding carboxylic acids is 1. The van der Waals surface area contributed by atoms with E-state index in [0.29, 0.717) is 16.2 Å². The second-order valence-corrected chi connectivity index (χ2v) is 5.28. The van der Waals surface area contributed by atoms with Crippen LogP contribution in [0.3, 0.4) is 0 Å². The van der Waals surface area contributed by atoms with Gasteiger partial charge >= 0.3 is 12.5 Å². The molecule has 1 unspecified atom stereocenters. The summed E-state index contributed by atoms with van der Waals surface area (Å²) in [6.07, 6.45) is -1.12. The van der Waals surface area contributed by atoms with Gasteiger partial charge in [-0.2, -0.15) is 8.78 Å². The molecule has 0 fully saturated rings. The largest absolute Gasteiger partial charge is 0.451 e. The normalized spacial score (nSPS) is 12.6. The summed E-state index contributed by atoms with van der Waals surface area (Å²) >= 11 is 0. The summed E-state index contributed by atoms with van der Waals surface area (Å²) in [6, 6.07) is 8.77. The fourth-order valence-electron chi connectivity index (χ4n) is 2.46. The van der Waals surface area contributed by atoms with Gasteiger partial charge in [0.2, 0.25) is 0 Å². The number of ether oxygens (including phenoxy) is 1. The van der Waals surface area contributed by atoms with E-state index in [1.165, 1.54) is 13.0 Å². The van der Waals surface area contributed by atoms with Gasteiger partial charge in [0, 0.05) is 0 Å². The number of benzene rings is 2. The Kier molecular flexibility index (Phi) is 4.43. The lowest BCUT2D eigenvalue weighted by molar-refractivity contribution is 0.0232. The number of imidazole rings is 1. The maximum absolute atomic E-state index is 13.4. The first-order valence-electron chi connectivity index (χ1n) is 7.29. The average Bonchev–Trinajstić information content (AvgIpc) is 2.97. The number of para-hydroxylation sites is 2. The molecule has 0 saturated carbocycles. The molecule has 1 heterocycles. The SMILES string of the molecule is CC(OC(=O)c1ccc(F)c(F)c1)c1nc2ccccc2n1C(F)F. The third kappa shape index (κ3) is 3.19. The van der Waals surface area contributed by atoms with Gasteiger partial charge in [-0.05, 0) is 37.3 Å². The van der Waals surface area contributed by atoms with Crippen LogP contribution in [0.15, 0.2) is 42.5 Å². The number of esters is 1. The van der Waals surface area contributed by atoms with Crippen molar-refractivity contribution in [3.8, 4) is 0 Å². The molecule has 0 saturated heterocycles. The van der Waals surface area contributed by atoms with Crippen molar-refractivity contribution in [2.24, 2.45) is 0 Å². The number of carbonyl (C=O) groups is 1. The predicted octanol–water partition coefficient (Wildman–Crippen LogP) is 4.63. The summed E-state index contributed by atoms with van der Waals surface area (Å²) in [7, 11) is 0. The van der Waals surface area contributed by atoms with E-state index in [4.69, 9.17) is 4.74 Å². The minimum atomic E-state index is -2.88. The molecule has 3 aromatic rings. The lowest BCUT2D eigenvalue weighted by Crippen LogP contribution is -2.15. The van der Waals surface area contributed by atoms with Crippen molar-refractivity contribution in [3.05, 3.63) is 65.5 Å². The van der Waals surface area contributed by atoms with Crippen molar-refractivity contribution in [1.29, 1.82) is 0 Å². The van der Waals surface area contributed by atoms with Gasteiger partial charge in [-0.1, -0.05) is 12.1 Å². The molecule has 130 valence electrons. The van der Waals surface area contributed by atoms with Gasteiger partial charge in [0.05, 0.1) is 16.6 Å². The van der Waals surface area contributed by atoms with E-state index in [0.717, 1.165) is 12.1 Å². The van der Waals surface area contributed by atoms with Crippen molar-refractivity contribution in [2.75, 3.05) is 0 Å². The number of hydrogen-bond donors (Lipinski definition) is 0. The maximum atomic E-state index is 13.4. The highest BCUT2D eigenvalue weighted by Crippen LogP contribution is 2.28. The van der Waals surface area contributed by atoms with Crippen molar-refractivity contribution < 1.29 is 27.1 Å². The average molecular weight is 352 g/mol. The Morgan fingerprint density at radius 2 is 1.84 bits per heavy atom. The lowest BCUT2D eigenvalue weighted by atomic mass is 10.2. The number of rotatable bonds is 4. The van der Waals surface area contributed by atoms with Crippen LogP contribution in [0.1, 0.15) is 35.8 Å². The molecule has 0 spiro atoms. The van der Waals surface area contributed by atoms with Crippen LogP contribution < -0.4 is 0 Å². The first kappa shape index (κ1) is 16.9. The maximum Gasteiger partial charge on any atom is 0.338 e. The molecule has 8 heteroatoms. The molecule has 1 aromatic heterocycles. The Morgan fingerprint density at radius 3 is 2.52 bits per heavy atom. The van der Waals surface area contributed by atoms with Crippen LogP contribution >= 0.6 is 0 Å². The molecule has 1 atom stereocenters. The first-order valence-corrected chi connectivity index (χ1v) is 7.29. The van der Waals surface area contributed by atoms with Gasteiger partial charge in [0.25, 0.3) is 0 Å².